The zero-order valence-electron chi connectivity index (χ0n) is 9.87. The van der Waals surface area contributed by atoms with E-state index >= 15 is 0 Å². The first-order chi connectivity index (χ1) is 6.65. The standard InChI is InChI=1S/C12H25NS/c1-10(7-9-14)6-8-13(3)11(2)12-4-5-12/h10-12,14H,4-9H2,1-3H3. The molecule has 0 radical (unpaired) electrons. The van der Waals surface area contributed by atoms with Crippen LogP contribution in [0.25, 0.3) is 0 Å². The van der Waals surface area contributed by atoms with Crippen LogP contribution < -0.4 is 0 Å². The Morgan fingerprint density at radius 2 is 1.93 bits per heavy atom. The fraction of sp³-hybridized carbons (Fsp3) is 1.00. The Hall–Kier alpha value is 0.310. The molecule has 0 heterocycles. The van der Waals surface area contributed by atoms with Crippen molar-refractivity contribution in [3.8, 4) is 0 Å². The van der Waals surface area contributed by atoms with E-state index < -0.39 is 0 Å². The van der Waals surface area contributed by atoms with Crippen LogP contribution in [-0.2, 0) is 0 Å². The topological polar surface area (TPSA) is 3.24 Å². The van der Waals surface area contributed by atoms with Gasteiger partial charge >= 0.3 is 0 Å². The first-order valence-corrected chi connectivity index (χ1v) is 6.59. The fourth-order valence-electron chi connectivity index (χ4n) is 1.93. The lowest BCUT2D eigenvalue weighted by atomic mass is 10.0. The summed E-state index contributed by atoms with van der Waals surface area (Å²) in [5.74, 6) is 2.87. The van der Waals surface area contributed by atoms with Crippen LogP contribution in [0.2, 0.25) is 0 Å². The highest BCUT2D eigenvalue weighted by molar-refractivity contribution is 7.80. The molecule has 2 heteroatoms. The molecule has 84 valence electrons. The second-order valence-electron chi connectivity index (χ2n) is 4.96. The average molecular weight is 215 g/mol. The minimum Gasteiger partial charge on any atom is -0.303 e. The number of hydrogen-bond acceptors (Lipinski definition) is 2. The smallest absolute Gasteiger partial charge is 0.00921 e. The lowest BCUT2D eigenvalue weighted by Crippen LogP contribution is -2.32. The van der Waals surface area contributed by atoms with E-state index in [1.54, 1.807) is 0 Å². The van der Waals surface area contributed by atoms with E-state index in [1.165, 1.54) is 32.2 Å². The second-order valence-corrected chi connectivity index (χ2v) is 5.41. The van der Waals surface area contributed by atoms with Gasteiger partial charge in [-0.05, 0) is 63.8 Å². The molecule has 0 bridgehead atoms. The van der Waals surface area contributed by atoms with Crippen molar-refractivity contribution < 1.29 is 0 Å². The van der Waals surface area contributed by atoms with Gasteiger partial charge in [-0.1, -0.05) is 6.92 Å². The summed E-state index contributed by atoms with van der Waals surface area (Å²) in [6, 6.07) is 0.804. The summed E-state index contributed by atoms with van der Waals surface area (Å²) in [6.07, 6.45) is 5.50. The molecule has 0 aromatic carbocycles. The number of rotatable bonds is 7. The van der Waals surface area contributed by atoms with E-state index in [0.29, 0.717) is 0 Å². The first-order valence-electron chi connectivity index (χ1n) is 5.96. The highest BCUT2D eigenvalue weighted by atomic mass is 32.1. The summed E-state index contributed by atoms with van der Waals surface area (Å²) in [6.45, 7) is 5.97. The van der Waals surface area contributed by atoms with Crippen LogP contribution in [0, 0.1) is 11.8 Å². The SMILES string of the molecule is CC(CCS)CCN(C)C(C)C1CC1. The molecule has 1 saturated carbocycles. The molecule has 1 fully saturated rings. The third-order valence-electron chi connectivity index (χ3n) is 3.60. The minimum absolute atomic E-state index is 0.804. The number of nitrogens with zero attached hydrogens (tertiary/aromatic N) is 1. The maximum Gasteiger partial charge on any atom is 0.00921 e. The van der Waals surface area contributed by atoms with Gasteiger partial charge in [-0.3, -0.25) is 0 Å². The Labute approximate surface area is 94.7 Å². The van der Waals surface area contributed by atoms with Crippen molar-refractivity contribution >= 4 is 12.6 Å². The maximum absolute atomic E-state index is 4.27. The first kappa shape index (κ1) is 12.4. The molecule has 1 aliphatic rings. The van der Waals surface area contributed by atoms with Crippen LogP contribution >= 0.6 is 12.6 Å². The van der Waals surface area contributed by atoms with E-state index in [-0.39, 0.29) is 0 Å². The van der Waals surface area contributed by atoms with Crippen LogP contribution in [0.1, 0.15) is 39.5 Å². The van der Waals surface area contributed by atoms with Crippen LogP contribution in [-0.4, -0.2) is 30.3 Å². The molecule has 0 saturated heterocycles. The number of hydrogen-bond donors (Lipinski definition) is 1. The maximum atomic E-state index is 4.27. The van der Waals surface area contributed by atoms with E-state index in [4.69, 9.17) is 0 Å². The van der Waals surface area contributed by atoms with Crippen LogP contribution in [0.5, 0.6) is 0 Å². The summed E-state index contributed by atoms with van der Waals surface area (Å²) in [4.78, 5) is 2.53. The van der Waals surface area contributed by atoms with Crippen LogP contribution in [0.3, 0.4) is 0 Å². The van der Waals surface area contributed by atoms with Crippen molar-refractivity contribution in [2.24, 2.45) is 11.8 Å². The minimum atomic E-state index is 0.804. The van der Waals surface area contributed by atoms with Gasteiger partial charge in [-0.15, -0.1) is 0 Å². The Morgan fingerprint density at radius 3 is 2.43 bits per heavy atom. The predicted molar refractivity (Wildman–Crippen MR) is 67.1 cm³/mol. The lowest BCUT2D eigenvalue weighted by molar-refractivity contribution is 0.219. The Morgan fingerprint density at radius 1 is 1.29 bits per heavy atom. The van der Waals surface area contributed by atoms with Crippen molar-refractivity contribution in [2.45, 2.75) is 45.6 Å². The molecule has 1 rings (SSSR count). The van der Waals surface area contributed by atoms with E-state index in [9.17, 15) is 0 Å². The molecule has 0 amide bonds. The van der Waals surface area contributed by atoms with Crippen molar-refractivity contribution in [2.75, 3.05) is 19.3 Å². The van der Waals surface area contributed by atoms with Crippen molar-refractivity contribution in [3.63, 3.8) is 0 Å². The Balaban J connectivity index is 2.09. The molecular weight excluding hydrogens is 190 g/mol. The van der Waals surface area contributed by atoms with E-state index in [0.717, 1.165) is 23.6 Å². The van der Waals surface area contributed by atoms with Gasteiger partial charge in [-0.2, -0.15) is 12.6 Å². The molecule has 14 heavy (non-hydrogen) atoms. The van der Waals surface area contributed by atoms with Gasteiger partial charge in [0.1, 0.15) is 0 Å². The molecule has 0 aromatic heterocycles. The van der Waals surface area contributed by atoms with Crippen molar-refractivity contribution in [1.29, 1.82) is 0 Å². The summed E-state index contributed by atoms with van der Waals surface area (Å²) < 4.78 is 0. The zero-order chi connectivity index (χ0) is 10.6. The highest BCUT2D eigenvalue weighted by Gasteiger charge is 2.30. The molecule has 0 aliphatic heterocycles. The molecule has 0 N–H and O–H groups in total. The van der Waals surface area contributed by atoms with Crippen molar-refractivity contribution in [3.05, 3.63) is 0 Å². The normalized spacial score (nSPS) is 21.2. The van der Waals surface area contributed by atoms with Gasteiger partial charge < -0.3 is 4.90 Å². The molecule has 2 unspecified atom stereocenters. The van der Waals surface area contributed by atoms with Gasteiger partial charge in [0.25, 0.3) is 0 Å². The quantitative estimate of drug-likeness (QED) is 0.639. The van der Waals surface area contributed by atoms with Crippen LogP contribution in [0.15, 0.2) is 0 Å². The predicted octanol–water partition coefficient (Wildman–Crippen LogP) is 3.06. The average Bonchev–Trinajstić information content (AvgIpc) is 2.96. The monoisotopic (exact) mass is 215 g/mol. The molecular formula is C12H25NS. The molecule has 0 aromatic rings. The molecule has 1 aliphatic carbocycles. The number of thiol groups is 1. The van der Waals surface area contributed by atoms with Crippen LogP contribution in [0.4, 0.5) is 0 Å². The summed E-state index contributed by atoms with van der Waals surface area (Å²) in [7, 11) is 2.27. The molecule has 2 atom stereocenters. The lowest BCUT2D eigenvalue weighted by Gasteiger charge is -2.25. The van der Waals surface area contributed by atoms with Gasteiger partial charge in [0.15, 0.2) is 0 Å². The third-order valence-corrected chi connectivity index (χ3v) is 3.85. The zero-order valence-corrected chi connectivity index (χ0v) is 10.8. The summed E-state index contributed by atoms with van der Waals surface area (Å²) >= 11 is 4.27. The third kappa shape index (κ3) is 4.22. The van der Waals surface area contributed by atoms with Crippen molar-refractivity contribution in [1.82, 2.24) is 4.90 Å². The molecule has 0 spiro atoms. The summed E-state index contributed by atoms with van der Waals surface area (Å²) in [5, 5.41) is 0. The fourth-order valence-corrected chi connectivity index (χ4v) is 2.37. The van der Waals surface area contributed by atoms with E-state index in [1.807, 2.05) is 0 Å². The van der Waals surface area contributed by atoms with E-state index in [2.05, 4.69) is 38.4 Å². The van der Waals surface area contributed by atoms with Gasteiger partial charge in [0.05, 0.1) is 0 Å². The Bertz CT molecular complexity index is 156. The van der Waals surface area contributed by atoms with Gasteiger partial charge in [0, 0.05) is 6.04 Å². The van der Waals surface area contributed by atoms with Gasteiger partial charge in [-0.25, -0.2) is 0 Å². The molecule has 1 nitrogen and oxygen atoms in total. The summed E-state index contributed by atoms with van der Waals surface area (Å²) in [5.41, 5.74) is 0. The largest absolute Gasteiger partial charge is 0.303 e. The Kier molecular flexibility index (Phi) is 5.32. The second kappa shape index (κ2) is 6.02. The van der Waals surface area contributed by atoms with Gasteiger partial charge in [0.2, 0.25) is 0 Å². The highest BCUT2D eigenvalue weighted by Crippen LogP contribution is 2.34.